The fourth-order valence-electron chi connectivity index (χ4n) is 11.5. The van der Waals surface area contributed by atoms with Crippen molar-refractivity contribution in [3.63, 3.8) is 0 Å². The molecule has 0 aromatic rings. The normalized spacial score (nSPS) is 14.9. The van der Waals surface area contributed by atoms with Crippen LogP contribution in [0.5, 0.6) is 0 Å². The third kappa shape index (κ3) is 66.4. The molecule has 5 unspecified atom stereocenters. The lowest BCUT2D eigenvalue weighted by Gasteiger charge is -2.21. The molecule has 0 bridgehead atoms. The monoisotopic (exact) mass is 1400 g/mol. The van der Waals surface area contributed by atoms with Gasteiger partial charge >= 0.3 is 39.5 Å². The smallest absolute Gasteiger partial charge is 0.462 e. The Kier molecular flexibility index (Phi) is 65.2. The molecule has 3 N–H and O–H groups in total. The maximum atomic E-state index is 13.1. The third-order valence-corrected chi connectivity index (χ3v) is 20.6. The Labute approximate surface area is 581 Å². The van der Waals surface area contributed by atoms with E-state index in [-0.39, 0.29) is 25.7 Å². The average molecular weight is 1400 g/mol. The Morgan fingerprint density at radius 1 is 0.295 bits per heavy atom. The topological polar surface area (TPSA) is 237 Å². The van der Waals surface area contributed by atoms with Crippen LogP contribution in [0.1, 0.15) is 389 Å². The SMILES string of the molecule is CCCCCCCCCCCCCCCC(=O)OC[C@H](COP(=O)(O)OC[C@H](O)COP(=O)(O)OC[C@@H](COC(=O)CCCCCCCCCCCCC(C)CC)OC(=O)CCCCCCCCCCCCC(C)CC)OC(=O)CCCCCCCCCCCCC(C)CC. The van der Waals surface area contributed by atoms with Gasteiger partial charge in [0.05, 0.1) is 26.4 Å². The molecule has 95 heavy (non-hydrogen) atoms. The van der Waals surface area contributed by atoms with Gasteiger partial charge in [-0.25, -0.2) is 9.13 Å². The van der Waals surface area contributed by atoms with Crippen LogP contribution in [0.25, 0.3) is 0 Å². The van der Waals surface area contributed by atoms with E-state index in [1.165, 1.54) is 199 Å². The average Bonchev–Trinajstić information content (AvgIpc) is 1.62. The van der Waals surface area contributed by atoms with Crippen LogP contribution in [-0.4, -0.2) is 96.7 Å². The highest BCUT2D eigenvalue weighted by atomic mass is 31.2. The lowest BCUT2D eigenvalue weighted by molar-refractivity contribution is -0.161. The van der Waals surface area contributed by atoms with Crippen LogP contribution in [0, 0.1) is 17.8 Å². The van der Waals surface area contributed by atoms with E-state index in [0.29, 0.717) is 25.7 Å². The number of aliphatic hydroxyl groups excluding tert-OH is 1. The van der Waals surface area contributed by atoms with Gasteiger partial charge in [-0.3, -0.25) is 37.3 Å². The van der Waals surface area contributed by atoms with Crippen molar-refractivity contribution < 1.29 is 80.2 Å². The molecule has 0 aliphatic heterocycles. The van der Waals surface area contributed by atoms with Crippen LogP contribution in [-0.2, 0) is 65.4 Å². The summed E-state index contributed by atoms with van der Waals surface area (Å²) in [6.45, 7) is 12.0. The summed E-state index contributed by atoms with van der Waals surface area (Å²) in [4.78, 5) is 72.9. The molecule has 564 valence electrons. The van der Waals surface area contributed by atoms with Crippen molar-refractivity contribution in [2.24, 2.45) is 17.8 Å². The summed E-state index contributed by atoms with van der Waals surface area (Å²) in [5.41, 5.74) is 0. The van der Waals surface area contributed by atoms with Gasteiger partial charge < -0.3 is 33.8 Å². The Morgan fingerprint density at radius 3 is 0.747 bits per heavy atom. The summed E-state index contributed by atoms with van der Waals surface area (Å²) in [5, 5.41) is 10.6. The van der Waals surface area contributed by atoms with Crippen LogP contribution in [0.3, 0.4) is 0 Å². The number of aliphatic hydroxyl groups is 1. The number of esters is 4. The minimum atomic E-state index is -4.96. The van der Waals surface area contributed by atoms with Crippen molar-refractivity contribution in [1.82, 2.24) is 0 Å². The van der Waals surface area contributed by atoms with E-state index in [1.54, 1.807) is 0 Å². The molecule has 0 heterocycles. The van der Waals surface area contributed by atoms with Crippen molar-refractivity contribution in [2.75, 3.05) is 39.6 Å². The van der Waals surface area contributed by atoms with E-state index in [2.05, 4.69) is 48.5 Å². The predicted molar refractivity (Wildman–Crippen MR) is 386 cm³/mol. The Hall–Kier alpha value is -1.94. The van der Waals surface area contributed by atoms with E-state index in [1.807, 2.05) is 0 Å². The van der Waals surface area contributed by atoms with E-state index in [4.69, 9.17) is 37.0 Å². The molecule has 0 aromatic carbocycles. The molecule has 0 aliphatic rings. The summed E-state index contributed by atoms with van der Waals surface area (Å²) in [6.07, 6.45) is 52.3. The number of carbonyl (C=O) groups excluding carboxylic acids is 4. The number of phosphoric acid groups is 2. The first-order valence-corrected chi connectivity index (χ1v) is 42.5. The number of unbranched alkanes of at least 4 members (excludes halogenated alkanes) is 39. The largest absolute Gasteiger partial charge is 0.472 e. The summed E-state index contributed by atoms with van der Waals surface area (Å²) in [5.74, 6) is 0.299. The molecule has 0 saturated heterocycles. The first-order chi connectivity index (χ1) is 45.8. The summed E-state index contributed by atoms with van der Waals surface area (Å²) in [6, 6.07) is 0. The Bertz CT molecular complexity index is 1860. The maximum absolute atomic E-state index is 13.1. The molecular formula is C76H148O17P2. The quantitative estimate of drug-likeness (QED) is 0.0222. The third-order valence-electron chi connectivity index (χ3n) is 18.7. The predicted octanol–water partition coefficient (Wildman–Crippen LogP) is 22.2. The molecule has 19 heteroatoms. The van der Waals surface area contributed by atoms with Crippen LogP contribution in [0.4, 0.5) is 0 Å². The van der Waals surface area contributed by atoms with Gasteiger partial charge in [-0.1, -0.05) is 337 Å². The van der Waals surface area contributed by atoms with Gasteiger partial charge in [0.2, 0.25) is 0 Å². The lowest BCUT2D eigenvalue weighted by atomic mass is 9.99. The van der Waals surface area contributed by atoms with E-state index in [9.17, 15) is 43.2 Å². The highest BCUT2D eigenvalue weighted by molar-refractivity contribution is 7.47. The molecule has 0 rings (SSSR count). The van der Waals surface area contributed by atoms with Crippen molar-refractivity contribution in [1.29, 1.82) is 0 Å². The fraction of sp³-hybridized carbons (Fsp3) is 0.947. The Balaban J connectivity index is 5.29. The minimum absolute atomic E-state index is 0.106. The molecular weight excluding hydrogens is 1250 g/mol. The van der Waals surface area contributed by atoms with Crippen LogP contribution >= 0.6 is 15.6 Å². The first-order valence-electron chi connectivity index (χ1n) is 39.5. The van der Waals surface area contributed by atoms with Crippen molar-refractivity contribution in [2.45, 2.75) is 407 Å². The zero-order chi connectivity index (χ0) is 70.1. The number of rotatable bonds is 74. The molecule has 8 atom stereocenters. The van der Waals surface area contributed by atoms with Crippen molar-refractivity contribution in [3.8, 4) is 0 Å². The highest BCUT2D eigenvalue weighted by Crippen LogP contribution is 2.45. The van der Waals surface area contributed by atoms with E-state index < -0.39 is 97.5 Å². The van der Waals surface area contributed by atoms with Crippen molar-refractivity contribution in [3.05, 3.63) is 0 Å². The fourth-order valence-corrected chi connectivity index (χ4v) is 13.1. The summed E-state index contributed by atoms with van der Waals surface area (Å²) >= 11 is 0. The molecule has 0 fully saturated rings. The van der Waals surface area contributed by atoms with Gasteiger partial charge in [0.25, 0.3) is 0 Å². The molecule has 0 saturated carbocycles. The van der Waals surface area contributed by atoms with Gasteiger partial charge in [-0.15, -0.1) is 0 Å². The highest BCUT2D eigenvalue weighted by Gasteiger charge is 2.30. The molecule has 0 spiro atoms. The van der Waals surface area contributed by atoms with Crippen LogP contribution in [0.15, 0.2) is 0 Å². The molecule has 0 aliphatic carbocycles. The van der Waals surface area contributed by atoms with Crippen LogP contribution < -0.4 is 0 Å². The van der Waals surface area contributed by atoms with Gasteiger partial charge in [0.15, 0.2) is 12.2 Å². The van der Waals surface area contributed by atoms with Crippen molar-refractivity contribution >= 4 is 39.5 Å². The van der Waals surface area contributed by atoms with E-state index >= 15 is 0 Å². The maximum Gasteiger partial charge on any atom is 0.472 e. The zero-order valence-corrected chi connectivity index (χ0v) is 63.9. The number of hydrogen-bond acceptors (Lipinski definition) is 15. The van der Waals surface area contributed by atoms with Gasteiger partial charge in [-0.05, 0) is 43.4 Å². The summed E-state index contributed by atoms with van der Waals surface area (Å²) in [7, 11) is -9.91. The van der Waals surface area contributed by atoms with Crippen LogP contribution in [0.2, 0.25) is 0 Å². The number of phosphoric ester groups is 2. The number of ether oxygens (including phenoxy) is 4. The number of hydrogen-bond donors (Lipinski definition) is 3. The molecule has 17 nitrogen and oxygen atoms in total. The second-order valence-electron chi connectivity index (χ2n) is 28.1. The lowest BCUT2D eigenvalue weighted by Crippen LogP contribution is -2.30. The molecule has 0 aromatic heterocycles. The van der Waals surface area contributed by atoms with Gasteiger partial charge in [0, 0.05) is 25.7 Å². The second kappa shape index (κ2) is 66.6. The van der Waals surface area contributed by atoms with E-state index in [0.717, 1.165) is 108 Å². The first kappa shape index (κ1) is 93.1. The zero-order valence-electron chi connectivity index (χ0n) is 62.1. The Morgan fingerprint density at radius 2 is 0.505 bits per heavy atom. The standard InChI is InChI=1S/C76H148O17P2/c1-8-12-13-14-15-16-17-18-19-29-36-43-50-57-73(78)86-63-71(92-75(80)59-52-45-38-31-24-21-27-34-41-48-55-68(6)10-3)65-90-94(82,83)88-61-70(77)62-89-95(84,85)91-66-72(93-76(81)60-53-46-39-32-25-22-28-35-42-49-56-69(7)11-4)64-87-74(79)58-51-44-37-30-23-20-26-33-40-47-54-67(5)9-2/h67-72,77H,8-66H2,1-7H3,(H,82,83)(H,84,85)/t67?,68?,69?,70-,71+,72+/m0/s1. The molecule has 0 radical (unpaired) electrons. The minimum Gasteiger partial charge on any atom is -0.462 e. The second-order valence-corrected chi connectivity index (χ2v) is 31.0. The number of carbonyl (C=O) groups is 4. The van der Waals surface area contributed by atoms with Gasteiger partial charge in [-0.2, -0.15) is 0 Å². The summed E-state index contributed by atoms with van der Waals surface area (Å²) < 4.78 is 68.6. The van der Waals surface area contributed by atoms with Gasteiger partial charge in [0.1, 0.15) is 19.3 Å². The molecule has 0 amide bonds.